The third kappa shape index (κ3) is 4.52. The lowest BCUT2D eigenvalue weighted by molar-refractivity contribution is -0.123. The van der Waals surface area contributed by atoms with Crippen LogP contribution in [-0.4, -0.2) is 30.9 Å². The first kappa shape index (κ1) is 15.4. The highest BCUT2D eigenvalue weighted by atomic mass is 16.5. The van der Waals surface area contributed by atoms with Crippen LogP contribution in [0.3, 0.4) is 0 Å². The maximum Gasteiger partial charge on any atom is 0.277 e. The lowest BCUT2D eigenvalue weighted by atomic mass is 10.2. The van der Waals surface area contributed by atoms with Gasteiger partial charge in [-0.3, -0.25) is 4.79 Å². The summed E-state index contributed by atoms with van der Waals surface area (Å²) in [4.78, 5) is 11.6. The van der Waals surface area contributed by atoms with E-state index in [0.29, 0.717) is 17.1 Å². The number of hydrazone groups is 1. The van der Waals surface area contributed by atoms with Crippen LogP contribution in [0.2, 0.25) is 0 Å². The molecule has 0 bridgehead atoms. The van der Waals surface area contributed by atoms with Crippen molar-refractivity contribution >= 4 is 12.1 Å². The van der Waals surface area contributed by atoms with Crippen molar-refractivity contribution in [1.29, 1.82) is 0 Å². The molecule has 0 fully saturated rings. The largest absolute Gasteiger partial charge is 0.507 e. The van der Waals surface area contributed by atoms with Crippen LogP contribution in [0.4, 0.5) is 0 Å². The van der Waals surface area contributed by atoms with Crippen molar-refractivity contribution in [2.24, 2.45) is 5.10 Å². The van der Waals surface area contributed by atoms with Gasteiger partial charge in [0.05, 0.1) is 13.3 Å². The van der Waals surface area contributed by atoms with E-state index < -0.39 is 5.91 Å². The molecule has 1 amide bonds. The number of nitrogens with zero attached hydrogens (tertiary/aromatic N) is 1. The molecule has 0 heterocycles. The van der Waals surface area contributed by atoms with Gasteiger partial charge in [-0.1, -0.05) is 18.2 Å². The van der Waals surface area contributed by atoms with Crippen molar-refractivity contribution in [3.8, 4) is 17.2 Å². The molecule has 0 unspecified atom stereocenters. The number of carbonyl (C=O) groups is 1. The van der Waals surface area contributed by atoms with E-state index in [1.54, 1.807) is 24.3 Å². The van der Waals surface area contributed by atoms with Gasteiger partial charge in [-0.2, -0.15) is 5.10 Å². The quantitative estimate of drug-likeness (QED) is 0.631. The van der Waals surface area contributed by atoms with Crippen LogP contribution >= 0.6 is 0 Å². The van der Waals surface area contributed by atoms with Crippen LogP contribution in [0.25, 0.3) is 0 Å². The number of aromatic hydroxyl groups is 1. The van der Waals surface area contributed by atoms with E-state index in [-0.39, 0.29) is 12.4 Å². The van der Waals surface area contributed by atoms with Crippen LogP contribution in [0.5, 0.6) is 17.2 Å². The van der Waals surface area contributed by atoms with E-state index in [9.17, 15) is 9.90 Å². The lowest BCUT2D eigenvalue weighted by Crippen LogP contribution is -2.24. The van der Waals surface area contributed by atoms with Gasteiger partial charge in [0.1, 0.15) is 17.2 Å². The number of amides is 1. The number of nitrogens with one attached hydrogen (secondary N) is 1. The van der Waals surface area contributed by atoms with Gasteiger partial charge in [0, 0.05) is 5.56 Å². The zero-order valence-corrected chi connectivity index (χ0v) is 12.0. The Bertz CT molecular complexity index is 656. The fourth-order valence-electron chi connectivity index (χ4n) is 1.63. The second-order valence-corrected chi connectivity index (χ2v) is 4.32. The normalized spacial score (nSPS) is 10.4. The highest BCUT2D eigenvalue weighted by Gasteiger charge is 2.02. The second kappa shape index (κ2) is 7.68. The number of carbonyl (C=O) groups excluding carboxylic acids is 1. The predicted octanol–water partition coefficient (Wildman–Crippen LogP) is 1.93. The Kier molecular flexibility index (Phi) is 5.37. The molecule has 0 atom stereocenters. The first-order valence-electron chi connectivity index (χ1n) is 6.56. The molecule has 0 aromatic heterocycles. The molecule has 0 spiro atoms. The topological polar surface area (TPSA) is 80.2 Å². The molecule has 6 nitrogen and oxygen atoms in total. The van der Waals surface area contributed by atoms with Gasteiger partial charge in [0.25, 0.3) is 5.91 Å². The van der Waals surface area contributed by atoms with Gasteiger partial charge in [0.2, 0.25) is 0 Å². The third-order valence-corrected chi connectivity index (χ3v) is 2.74. The Balaban J connectivity index is 1.85. The summed E-state index contributed by atoms with van der Waals surface area (Å²) >= 11 is 0. The molecule has 0 aliphatic rings. The minimum absolute atomic E-state index is 0.0411. The smallest absolute Gasteiger partial charge is 0.277 e. The van der Waals surface area contributed by atoms with E-state index in [1.165, 1.54) is 19.4 Å². The summed E-state index contributed by atoms with van der Waals surface area (Å²) < 4.78 is 10.3. The van der Waals surface area contributed by atoms with Gasteiger partial charge < -0.3 is 14.6 Å². The van der Waals surface area contributed by atoms with Crippen molar-refractivity contribution in [3.63, 3.8) is 0 Å². The van der Waals surface area contributed by atoms with Gasteiger partial charge in [-0.15, -0.1) is 0 Å². The maximum absolute atomic E-state index is 11.6. The number of hydrogen-bond donors (Lipinski definition) is 2. The van der Waals surface area contributed by atoms with Crippen LogP contribution < -0.4 is 14.9 Å². The Morgan fingerprint density at radius 2 is 2.00 bits per heavy atom. The summed E-state index contributed by atoms with van der Waals surface area (Å²) in [5, 5.41) is 13.4. The minimum atomic E-state index is -0.400. The van der Waals surface area contributed by atoms with E-state index in [2.05, 4.69) is 10.5 Å². The summed E-state index contributed by atoms with van der Waals surface area (Å²) in [6, 6.07) is 13.7. The molecule has 2 N–H and O–H groups in total. The van der Waals surface area contributed by atoms with Crippen molar-refractivity contribution in [2.45, 2.75) is 0 Å². The molecule has 2 aromatic rings. The Morgan fingerprint density at radius 3 is 2.73 bits per heavy atom. The lowest BCUT2D eigenvalue weighted by Gasteiger charge is -2.05. The number of phenols is 1. The fourth-order valence-corrected chi connectivity index (χ4v) is 1.63. The van der Waals surface area contributed by atoms with Crippen molar-refractivity contribution in [1.82, 2.24) is 5.43 Å². The van der Waals surface area contributed by atoms with Crippen LogP contribution in [0.1, 0.15) is 5.56 Å². The monoisotopic (exact) mass is 300 g/mol. The zero-order chi connectivity index (χ0) is 15.8. The van der Waals surface area contributed by atoms with Gasteiger partial charge in [0.15, 0.2) is 6.61 Å². The first-order chi connectivity index (χ1) is 10.7. The number of ether oxygens (including phenoxy) is 2. The van der Waals surface area contributed by atoms with Crippen LogP contribution in [0.15, 0.2) is 53.6 Å². The average Bonchev–Trinajstić information content (AvgIpc) is 2.55. The predicted molar refractivity (Wildman–Crippen MR) is 82.3 cm³/mol. The highest BCUT2D eigenvalue weighted by molar-refractivity contribution is 5.85. The van der Waals surface area contributed by atoms with Crippen molar-refractivity contribution in [3.05, 3.63) is 54.1 Å². The number of methoxy groups -OCH3 is 1. The Morgan fingerprint density at radius 1 is 1.23 bits per heavy atom. The number of hydrogen-bond acceptors (Lipinski definition) is 5. The highest BCUT2D eigenvalue weighted by Crippen LogP contribution is 2.20. The standard InChI is InChI=1S/C16H16N2O4/c1-21-14-7-8-15(19)12(9-14)10-17-18-16(20)11-22-13-5-3-2-4-6-13/h2-10,19H,11H2,1H3,(H,18,20)/b17-10-. The summed E-state index contributed by atoms with van der Waals surface area (Å²) in [5.74, 6) is 0.826. The summed E-state index contributed by atoms with van der Waals surface area (Å²) in [7, 11) is 1.52. The molecule has 6 heteroatoms. The Hall–Kier alpha value is -3.02. The summed E-state index contributed by atoms with van der Waals surface area (Å²) in [6.07, 6.45) is 1.33. The SMILES string of the molecule is COc1ccc(O)c(/C=N\NC(=O)COc2ccccc2)c1. The zero-order valence-electron chi connectivity index (χ0n) is 12.0. The molecule has 114 valence electrons. The molecule has 0 saturated carbocycles. The van der Waals surface area contributed by atoms with E-state index in [0.717, 1.165) is 0 Å². The molecule has 2 rings (SSSR count). The molecule has 2 aromatic carbocycles. The molecule has 0 saturated heterocycles. The molecule has 0 aliphatic carbocycles. The fraction of sp³-hybridized carbons (Fsp3) is 0.125. The summed E-state index contributed by atoms with van der Waals surface area (Å²) in [6.45, 7) is -0.147. The molecule has 0 radical (unpaired) electrons. The minimum Gasteiger partial charge on any atom is -0.507 e. The Labute approximate surface area is 128 Å². The third-order valence-electron chi connectivity index (χ3n) is 2.74. The maximum atomic E-state index is 11.6. The van der Waals surface area contributed by atoms with Crippen molar-refractivity contribution < 1.29 is 19.4 Å². The van der Waals surface area contributed by atoms with Gasteiger partial charge in [-0.25, -0.2) is 5.43 Å². The average molecular weight is 300 g/mol. The number of para-hydroxylation sites is 1. The molecule has 22 heavy (non-hydrogen) atoms. The molecular weight excluding hydrogens is 284 g/mol. The van der Waals surface area contributed by atoms with Gasteiger partial charge >= 0.3 is 0 Å². The summed E-state index contributed by atoms with van der Waals surface area (Å²) in [5.41, 5.74) is 2.75. The molecular formula is C16H16N2O4. The van der Waals surface area contributed by atoms with E-state index >= 15 is 0 Å². The number of rotatable bonds is 6. The van der Waals surface area contributed by atoms with E-state index in [1.807, 2.05) is 18.2 Å². The second-order valence-electron chi connectivity index (χ2n) is 4.32. The first-order valence-corrected chi connectivity index (χ1v) is 6.56. The van der Waals surface area contributed by atoms with Gasteiger partial charge in [-0.05, 0) is 30.3 Å². The van der Waals surface area contributed by atoms with Crippen LogP contribution in [0, 0.1) is 0 Å². The number of phenolic OH excluding ortho intramolecular Hbond substituents is 1. The van der Waals surface area contributed by atoms with Crippen molar-refractivity contribution in [2.75, 3.05) is 13.7 Å². The molecule has 0 aliphatic heterocycles. The number of benzene rings is 2. The van der Waals surface area contributed by atoms with E-state index in [4.69, 9.17) is 9.47 Å². The van der Waals surface area contributed by atoms with Crippen LogP contribution in [-0.2, 0) is 4.79 Å².